The monoisotopic (exact) mass is 287 g/mol. The molecule has 0 atom stereocenters. The largest absolute Gasteiger partial charge is 0.192 e. The fraction of sp³-hybridized carbons (Fsp3) is 0. The molecular weight excluding hydrogens is 282 g/mol. The van der Waals surface area contributed by atoms with Gasteiger partial charge in [0.2, 0.25) is 0 Å². The van der Waals surface area contributed by atoms with Gasteiger partial charge in [-0.05, 0) is 28.1 Å². The predicted octanol–water partition coefficient (Wildman–Crippen LogP) is 4.69. The highest BCUT2D eigenvalue weighted by molar-refractivity contribution is 9.10. The minimum Gasteiger partial charge on any atom is -0.192 e. The number of benzene rings is 2. The maximum absolute atomic E-state index is 9.08. The summed E-state index contributed by atoms with van der Waals surface area (Å²) in [6.45, 7) is 0. The van der Waals surface area contributed by atoms with Crippen LogP contribution in [0.1, 0.15) is 5.56 Å². The van der Waals surface area contributed by atoms with Crippen LogP contribution in [0.3, 0.4) is 0 Å². The van der Waals surface area contributed by atoms with Crippen LogP contribution in [-0.2, 0) is 0 Å². The number of nitriles is 1. The fourth-order valence-electron chi connectivity index (χ4n) is 1.87. The molecule has 2 aromatic carbocycles. The van der Waals surface area contributed by atoms with Crippen LogP contribution < -0.4 is 0 Å². The molecule has 0 bridgehead atoms. The number of hydrogen-bond acceptors (Lipinski definition) is 2. The number of nitrogens with zero attached hydrogens (tertiary/aromatic N) is 1. The van der Waals surface area contributed by atoms with E-state index in [2.05, 4.69) is 34.1 Å². The standard InChI is InChI=1S/C13H6BrNS/c14-11-6-2-5-10-9-4-1-3-8(7-15)12(9)16-13(10)11/h1-6H. The van der Waals surface area contributed by atoms with E-state index in [1.165, 1.54) is 15.5 Å². The van der Waals surface area contributed by atoms with Crippen molar-refractivity contribution in [3.05, 3.63) is 46.4 Å². The number of rotatable bonds is 0. The van der Waals surface area contributed by atoms with Gasteiger partial charge in [0.1, 0.15) is 6.07 Å². The van der Waals surface area contributed by atoms with Crippen LogP contribution in [0.2, 0.25) is 0 Å². The molecule has 16 heavy (non-hydrogen) atoms. The Hall–Kier alpha value is -1.37. The molecule has 0 N–H and O–H groups in total. The molecule has 3 rings (SSSR count). The first kappa shape index (κ1) is 9.83. The molecule has 0 unspecified atom stereocenters. The van der Waals surface area contributed by atoms with Crippen molar-refractivity contribution in [2.45, 2.75) is 0 Å². The molecule has 1 aromatic heterocycles. The first-order valence-corrected chi connectivity index (χ1v) is 6.42. The van der Waals surface area contributed by atoms with Crippen molar-refractivity contribution in [1.82, 2.24) is 0 Å². The Morgan fingerprint density at radius 2 is 1.69 bits per heavy atom. The summed E-state index contributed by atoms with van der Waals surface area (Å²) < 4.78 is 3.38. The van der Waals surface area contributed by atoms with Crippen molar-refractivity contribution in [3.8, 4) is 6.07 Å². The highest BCUT2D eigenvalue weighted by Crippen LogP contribution is 2.39. The molecule has 0 saturated heterocycles. The van der Waals surface area contributed by atoms with Gasteiger partial charge in [0.05, 0.1) is 10.3 Å². The maximum Gasteiger partial charge on any atom is 0.101 e. The minimum absolute atomic E-state index is 0.755. The van der Waals surface area contributed by atoms with Crippen LogP contribution in [0.4, 0.5) is 0 Å². The Kier molecular flexibility index (Phi) is 2.20. The van der Waals surface area contributed by atoms with E-state index < -0.39 is 0 Å². The van der Waals surface area contributed by atoms with Crippen LogP contribution in [0.25, 0.3) is 20.2 Å². The Morgan fingerprint density at radius 1 is 1.00 bits per heavy atom. The summed E-state index contributed by atoms with van der Waals surface area (Å²) in [4.78, 5) is 0. The third-order valence-corrected chi connectivity index (χ3v) is 4.81. The van der Waals surface area contributed by atoms with Crippen LogP contribution in [0.15, 0.2) is 40.9 Å². The van der Waals surface area contributed by atoms with Gasteiger partial charge in [-0.15, -0.1) is 11.3 Å². The SMILES string of the molecule is N#Cc1cccc2c1sc1c(Br)cccc12. The zero-order valence-corrected chi connectivity index (χ0v) is 10.6. The van der Waals surface area contributed by atoms with Crippen molar-refractivity contribution < 1.29 is 0 Å². The van der Waals surface area contributed by atoms with E-state index >= 15 is 0 Å². The van der Waals surface area contributed by atoms with Crippen molar-refractivity contribution in [2.75, 3.05) is 0 Å². The van der Waals surface area contributed by atoms with E-state index in [9.17, 15) is 0 Å². The summed E-state index contributed by atoms with van der Waals surface area (Å²) >= 11 is 5.22. The lowest BCUT2D eigenvalue weighted by molar-refractivity contribution is 1.51. The first-order chi connectivity index (χ1) is 7.81. The molecule has 1 heterocycles. The van der Waals surface area contributed by atoms with Gasteiger partial charge in [-0.1, -0.05) is 24.3 Å². The summed E-state index contributed by atoms with van der Waals surface area (Å²) in [6, 6.07) is 14.3. The zero-order chi connectivity index (χ0) is 11.1. The second-order valence-electron chi connectivity index (χ2n) is 3.51. The highest BCUT2D eigenvalue weighted by Gasteiger charge is 2.09. The molecule has 0 amide bonds. The first-order valence-electron chi connectivity index (χ1n) is 4.81. The van der Waals surface area contributed by atoms with E-state index in [4.69, 9.17) is 5.26 Å². The van der Waals surface area contributed by atoms with Gasteiger partial charge in [-0.3, -0.25) is 0 Å². The Balaban J connectivity index is 2.61. The molecule has 0 aliphatic heterocycles. The van der Waals surface area contributed by atoms with Gasteiger partial charge >= 0.3 is 0 Å². The Morgan fingerprint density at radius 3 is 2.44 bits per heavy atom. The average Bonchev–Trinajstić information content (AvgIpc) is 2.69. The third-order valence-electron chi connectivity index (χ3n) is 2.60. The molecule has 0 aliphatic carbocycles. The van der Waals surface area contributed by atoms with E-state index in [-0.39, 0.29) is 0 Å². The van der Waals surface area contributed by atoms with Gasteiger partial charge < -0.3 is 0 Å². The summed E-state index contributed by atoms with van der Waals surface area (Å²) in [5.74, 6) is 0. The molecule has 0 saturated carbocycles. The predicted molar refractivity (Wildman–Crippen MR) is 71.7 cm³/mol. The smallest absolute Gasteiger partial charge is 0.101 e. The lowest BCUT2D eigenvalue weighted by Crippen LogP contribution is -1.72. The van der Waals surface area contributed by atoms with E-state index in [1.54, 1.807) is 11.3 Å². The summed E-state index contributed by atoms with van der Waals surface area (Å²) in [7, 11) is 0. The third kappa shape index (κ3) is 1.27. The molecular formula is C13H6BrNS. The van der Waals surface area contributed by atoms with Crippen molar-refractivity contribution in [2.24, 2.45) is 0 Å². The highest BCUT2D eigenvalue weighted by atomic mass is 79.9. The molecule has 0 aliphatic rings. The van der Waals surface area contributed by atoms with Gasteiger partial charge in [0.25, 0.3) is 0 Å². The van der Waals surface area contributed by atoms with Gasteiger partial charge in [0, 0.05) is 19.9 Å². The number of thiophene rings is 1. The topological polar surface area (TPSA) is 23.8 Å². The molecule has 76 valence electrons. The van der Waals surface area contributed by atoms with Gasteiger partial charge in [0.15, 0.2) is 0 Å². The summed E-state index contributed by atoms with van der Waals surface area (Å²) in [6.07, 6.45) is 0. The normalized spacial score (nSPS) is 10.8. The summed E-state index contributed by atoms with van der Waals surface area (Å²) in [5.41, 5.74) is 0.755. The van der Waals surface area contributed by atoms with Crippen LogP contribution >= 0.6 is 27.3 Å². The number of hydrogen-bond donors (Lipinski definition) is 0. The van der Waals surface area contributed by atoms with Gasteiger partial charge in [-0.2, -0.15) is 5.26 Å². The lowest BCUT2D eigenvalue weighted by atomic mass is 10.1. The minimum atomic E-state index is 0.755. The second kappa shape index (κ2) is 3.58. The van der Waals surface area contributed by atoms with Crippen molar-refractivity contribution >= 4 is 47.4 Å². The molecule has 1 nitrogen and oxygen atoms in total. The second-order valence-corrected chi connectivity index (χ2v) is 5.39. The van der Waals surface area contributed by atoms with E-state index in [1.807, 2.05) is 24.3 Å². The Labute approximate surface area is 105 Å². The van der Waals surface area contributed by atoms with Crippen LogP contribution in [0, 0.1) is 11.3 Å². The molecule has 3 heteroatoms. The van der Waals surface area contributed by atoms with Crippen molar-refractivity contribution in [1.29, 1.82) is 5.26 Å². The van der Waals surface area contributed by atoms with Crippen LogP contribution in [-0.4, -0.2) is 0 Å². The molecule has 0 spiro atoms. The zero-order valence-electron chi connectivity index (χ0n) is 8.20. The van der Waals surface area contributed by atoms with E-state index in [0.717, 1.165) is 14.7 Å². The lowest BCUT2D eigenvalue weighted by Gasteiger charge is -1.93. The maximum atomic E-state index is 9.08. The van der Waals surface area contributed by atoms with E-state index in [0.29, 0.717) is 0 Å². The van der Waals surface area contributed by atoms with Crippen LogP contribution in [0.5, 0.6) is 0 Å². The molecule has 0 fully saturated rings. The van der Waals surface area contributed by atoms with Gasteiger partial charge in [-0.25, -0.2) is 0 Å². The van der Waals surface area contributed by atoms with Crippen molar-refractivity contribution in [3.63, 3.8) is 0 Å². The fourth-order valence-corrected chi connectivity index (χ4v) is 3.65. The quantitative estimate of drug-likeness (QED) is 0.588. The number of fused-ring (bicyclic) bond motifs is 3. The average molecular weight is 288 g/mol. The molecule has 0 radical (unpaired) electrons. The summed E-state index contributed by atoms with van der Waals surface area (Å²) in [5, 5.41) is 11.5. The molecule has 3 aromatic rings. The Bertz CT molecular complexity index is 737. The number of halogens is 1.